The van der Waals surface area contributed by atoms with Gasteiger partial charge in [0.1, 0.15) is 11.5 Å². The normalized spacial score (nSPS) is 11.2. The maximum atomic E-state index is 13.3. The lowest BCUT2D eigenvalue weighted by molar-refractivity contribution is 0.0273. The second-order valence-electron chi connectivity index (χ2n) is 7.68. The summed E-state index contributed by atoms with van der Waals surface area (Å²) in [5.74, 6) is -3.74. The molecular weight excluding hydrogens is 460 g/mol. The lowest BCUT2D eigenvalue weighted by Crippen LogP contribution is -2.35. The summed E-state index contributed by atoms with van der Waals surface area (Å²) in [6.07, 6.45) is -1.84. The van der Waals surface area contributed by atoms with Crippen molar-refractivity contribution in [1.29, 1.82) is 0 Å². The number of rotatable bonds is 8. The molecule has 4 aromatic rings. The smallest absolute Gasteiger partial charge is 0.343 e. The van der Waals surface area contributed by atoms with Gasteiger partial charge in [-0.25, -0.2) is 9.59 Å². The molecular formula is C29H20O7. The van der Waals surface area contributed by atoms with Crippen LogP contribution in [0.3, 0.4) is 0 Å². The number of benzene rings is 4. The summed E-state index contributed by atoms with van der Waals surface area (Å²) in [4.78, 5) is 51.5. The molecule has 1 N–H and O–H groups in total. The summed E-state index contributed by atoms with van der Waals surface area (Å²) in [7, 11) is 0. The second kappa shape index (κ2) is 10.9. The van der Waals surface area contributed by atoms with Crippen LogP contribution in [0.2, 0.25) is 0 Å². The van der Waals surface area contributed by atoms with E-state index >= 15 is 0 Å². The average Bonchev–Trinajstić information content (AvgIpc) is 2.92. The van der Waals surface area contributed by atoms with Gasteiger partial charge in [0, 0.05) is 11.6 Å². The van der Waals surface area contributed by atoms with Crippen molar-refractivity contribution in [3.05, 3.63) is 131 Å². The van der Waals surface area contributed by atoms with Gasteiger partial charge in [-0.05, 0) is 36.4 Å². The Morgan fingerprint density at radius 1 is 0.583 bits per heavy atom. The number of ketones is 2. The number of hydrogen-bond acceptors (Lipinski definition) is 7. The Labute approximate surface area is 206 Å². The number of carbonyl (C=O) groups is 4. The van der Waals surface area contributed by atoms with Gasteiger partial charge in [0.2, 0.25) is 17.7 Å². The highest BCUT2D eigenvalue weighted by Gasteiger charge is 2.34. The zero-order chi connectivity index (χ0) is 25.5. The highest BCUT2D eigenvalue weighted by molar-refractivity contribution is 6.20. The first-order chi connectivity index (χ1) is 17.4. The lowest BCUT2D eigenvalue weighted by Gasteiger charge is -2.17. The fourth-order valence-corrected chi connectivity index (χ4v) is 3.39. The van der Waals surface area contributed by atoms with Crippen LogP contribution in [0.5, 0.6) is 11.5 Å². The maximum absolute atomic E-state index is 13.3. The van der Waals surface area contributed by atoms with Crippen molar-refractivity contribution >= 4 is 23.5 Å². The predicted molar refractivity (Wildman–Crippen MR) is 130 cm³/mol. The van der Waals surface area contributed by atoms with Crippen molar-refractivity contribution in [2.24, 2.45) is 0 Å². The van der Waals surface area contributed by atoms with Crippen LogP contribution < -0.4 is 4.74 Å². The van der Waals surface area contributed by atoms with E-state index in [4.69, 9.17) is 9.47 Å². The molecule has 0 saturated carbocycles. The summed E-state index contributed by atoms with van der Waals surface area (Å²) in [6.45, 7) is 0. The van der Waals surface area contributed by atoms with E-state index in [2.05, 4.69) is 0 Å². The number of ether oxygens (including phenoxy) is 2. The van der Waals surface area contributed by atoms with Gasteiger partial charge in [-0.1, -0.05) is 66.7 Å². The van der Waals surface area contributed by atoms with Gasteiger partial charge in [0.05, 0.1) is 16.7 Å². The maximum Gasteiger partial charge on any atom is 0.343 e. The van der Waals surface area contributed by atoms with Gasteiger partial charge in [-0.15, -0.1) is 0 Å². The van der Waals surface area contributed by atoms with Gasteiger partial charge < -0.3 is 14.6 Å². The Kier molecular flexibility index (Phi) is 7.31. The molecule has 0 fully saturated rings. The van der Waals surface area contributed by atoms with Gasteiger partial charge in [-0.2, -0.15) is 0 Å². The fraction of sp³-hybridized carbons (Fsp3) is 0.0345. The first-order valence-electron chi connectivity index (χ1n) is 10.9. The molecule has 0 aromatic heterocycles. The largest absolute Gasteiger partial charge is 0.507 e. The summed E-state index contributed by atoms with van der Waals surface area (Å²) in [6, 6.07) is 27.7. The van der Waals surface area contributed by atoms with Crippen molar-refractivity contribution in [1.82, 2.24) is 0 Å². The van der Waals surface area contributed by atoms with E-state index in [1.165, 1.54) is 36.4 Å². The third-order valence-electron chi connectivity index (χ3n) is 5.22. The van der Waals surface area contributed by atoms with Crippen molar-refractivity contribution in [3.63, 3.8) is 0 Å². The van der Waals surface area contributed by atoms with Crippen LogP contribution in [0.25, 0.3) is 0 Å². The first-order valence-corrected chi connectivity index (χ1v) is 10.9. The van der Waals surface area contributed by atoms with E-state index in [-0.39, 0.29) is 22.4 Å². The quantitative estimate of drug-likeness (QED) is 0.165. The average molecular weight is 480 g/mol. The number of carbonyl (C=O) groups excluding carboxylic acids is 4. The Balaban J connectivity index is 1.60. The van der Waals surface area contributed by atoms with E-state index in [1.807, 2.05) is 0 Å². The molecule has 4 aromatic carbocycles. The molecule has 0 heterocycles. The molecule has 4 rings (SSSR count). The van der Waals surface area contributed by atoms with Crippen LogP contribution in [-0.4, -0.2) is 34.7 Å². The van der Waals surface area contributed by atoms with E-state index in [9.17, 15) is 24.3 Å². The van der Waals surface area contributed by atoms with Crippen molar-refractivity contribution in [3.8, 4) is 11.5 Å². The molecule has 0 radical (unpaired) electrons. The number of Topliss-reactive ketones (excluding diaryl/α,β-unsaturated/α-hetero) is 2. The highest BCUT2D eigenvalue weighted by Crippen LogP contribution is 2.27. The number of phenols is 1. The lowest BCUT2D eigenvalue weighted by atomic mass is 9.97. The Morgan fingerprint density at radius 3 is 1.61 bits per heavy atom. The molecule has 7 nitrogen and oxygen atoms in total. The molecule has 0 bridgehead atoms. The van der Waals surface area contributed by atoms with Gasteiger partial charge in [-0.3, -0.25) is 9.59 Å². The minimum Gasteiger partial charge on any atom is -0.507 e. The van der Waals surface area contributed by atoms with Gasteiger partial charge >= 0.3 is 11.9 Å². The molecule has 0 amide bonds. The molecule has 0 saturated heterocycles. The molecule has 0 aliphatic heterocycles. The second-order valence-corrected chi connectivity index (χ2v) is 7.68. The van der Waals surface area contributed by atoms with Crippen molar-refractivity contribution in [2.75, 3.05) is 0 Å². The summed E-state index contributed by atoms with van der Waals surface area (Å²) in [5.41, 5.74) is 0.344. The SMILES string of the molecule is O=C(Oc1ccc(C(=O)C(OC(=O)c2ccccc2)C(=O)c2ccccc2)c(O)c1)c1ccccc1. The van der Waals surface area contributed by atoms with Crippen LogP contribution in [-0.2, 0) is 4.74 Å². The van der Waals surface area contributed by atoms with Crippen LogP contribution in [0.15, 0.2) is 109 Å². The zero-order valence-corrected chi connectivity index (χ0v) is 18.9. The standard InChI is InChI=1S/C29H20O7/c30-24-18-22(35-28(33)20-12-6-2-7-13-20)16-17-23(24)26(32)27(25(31)19-10-4-1-5-11-19)36-29(34)21-14-8-3-9-15-21/h1-18,27,30H. The highest BCUT2D eigenvalue weighted by atomic mass is 16.6. The third-order valence-corrected chi connectivity index (χ3v) is 5.22. The number of esters is 2. The third kappa shape index (κ3) is 5.53. The summed E-state index contributed by atoms with van der Waals surface area (Å²) < 4.78 is 10.6. The molecule has 178 valence electrons. The minimum atomic E-state index is -1.84. The topological polar surface area (TPSA) is 107 Å². The van der Waals surface area contributed by atoms with Crippen LogP contribution >= 0.6 is 0 Å². The van der Waals surface area contributed by atoms with Crippen LogP contribution in [0, 0.1) is 0 Å². The minimum absolute atomic E-state index is 0.00915. The first kappa shape index (κ1) is 24.1. The van der Waals surface area contributed by atoms with Crippen molar-refractivity contribution < 1.29 is 33.8 Å². The van der Waals surface area contributed by atoms with E-state index in [0.717, 1.165) is 6.07 Å². The number of aromatic hydroxyl groups is 1. The predicted octanol–water partition coefficient (Wildman–Crippen LogP) is 4.90. The Hall–Kier alpha value is -5.04. The Morgan fingerprint density at radius 2 is 1.08 bits per heavy atom. The Bertz CT molecular complexity index is 1400. The molecule has 7 heteroatoms. The molecule has 0 spiro atoms. The number of phenolic OH excluding ortho intramolecular Hbond substituents is 1. The van der Waals surface area contributed by atoms with Gasteiger partial charge in [0.15, 0.2) is 0 Å². The van der Waals surface area contributed by atoms with Crippen molar-refractivity contribution in [2.45, 2.75) is 6.10 Å². The van der Waals surface area contributed by atoms with E-state index < -0.39 is 35.4 Å². The van der Waals surface area contributed by atoms with Crippen LogP contribution in [0.1, 0.15) is 41.4 Å². The molecule has 36 heavy (non-hydrogen) atoms. The summed E-state index contributed by atoms with van der Waals surface area (Å²) >= 11 is 0. The van der Waals surface area contributed by atoms with Crippen LogP contribution in [0.4, 0.5) is 0 Å². The fourth-order valence-electron chi connectivity index (χ4n) is 3.39. The van der Waals surface area contributed by atoms with E-state index in [0.29, 0.717) is 5.56 Å². The number of hydrogen-bond donors (Lipinski definition) is 1. The monoisotopic (exact) mass is 480 g/mol. The zero-order valence-electron chi connectivity index (χ0n) is 18.9. The molecule has 1 atom stereocenters. The van der Waals surface area contributed by atoms with Gasteiger partial charge in [0.25, 0.3) is 0 Å². The molecule has 0 aliphatic rings. The molecule has 1 unspecified atom stereocenters. The van der Waals surface area contributed by atoms with E-state index in [1.54, 1.807) is 66.7 Å². The summed E-state index contributed by atoms with van der Waals surface area (Å²) in [5, 5.41) is 10.5. The molecule has 0 aliphatic carbocycles.